The molecule has 26 heavy (non-hydrogen) atoms. The van der Waals surface area contributed by atoms with Crippen LogP contribution in [-0.4, -0.2) is 85.1 Å². The molecule has 1 aromatic heterocycles. The summed E-state index contributed by atoms with van der Waals surface area (Å²) in [4.78, 5) is 16.9. The van der Waals surface area contributed by atoms with Gasteiger partial charge in [-0.1, -0.05) is 6.07 Å². The number of hydrogen-bond acceptors (Lipinski definition) is 5. The van der Waals surface area contributed by atoms with Gasteiger partial charge in [-0.15, -0.1) is 0 Å². The minimum atomic E-state index is 0.202. The second-order valence-electron chi connectivity index (χ2n) is 7.16. The van der Waals surface area contributed by atoms with Gasteiger partial charge in [0.05, 0.1) is 44.7 Å². The van der Waals surface area contributed by atoms with Gasteiger partial charge in [0.2, 0.25) is 5.91 Å². The van der Waals surface area contributed by atoms with E-state index < -0.39 is 0 Å². The first kappa shape index (κ1) is 17.5. The van der Waals surface area contributed by atoms with E-state index in [-0.39, 0.29) is 5.91 Å². The molecule has 0 bridgehead atoms. The maximum Gasteiger partial charge on any atom is 0.236 e. The summed E-state index contributed by atoms with van der Waals surface area (Å²) < 4.78 is 11.1. The van der Waals surface area contributed by atoms with E-state index in [1.165, 1.54) is 5.56 Å². The van der Waals surface area contributed by atoms with Gasteiger partial charge >= 0.3 is 0 Å². The van der Waals surface area contributed by atoms with Crippen molar-refractivity contribution in [2.24, 2.45) is 5.92 Å². The van der Waals surface area contributed by atoms with Crippen molar-refractivity contribution in [1.82, 2.24) is 20.0 Å². The average Bonchev–Trinajstić information content (AvgIpc) is 3.00. The van der Waals surface area contributed by atoms with Crippen LogP contribution in [0.25, 0.3) is 10.9 Å². The lowest BCUT2D eigenvalue weighted by atomic mass is 9.98. The second-order valence-corrected chi connectivity index (χ2v) is 7.16. The number of benzene rings is 1. The fraction of sp³-hybridized carbons (Fsp3) is 0.579. The maximum absolute atomic E-state index is 12.7. The van der Waals surface area contributed by atoms with Crippen LogP contribution in [-0.2, 0) is 20.7 Å². The van der Waals surface area contributed by atoms with Gasteiger partial charge in [-0.3, -0.25) is 14.8 Å². The van der Waals surface area contributed by atoms with Crippen LogP contribution < -0.4 is 0 Å². The molecule has 0 saturated carbocycles. The highest BCUT2D eigenvalue weighted by Crippen LogP contribution is 2.18. The summed E-state index contributed by atoms with van der Waals surface area (Å²) in [7, 11) is 0. The van der Waals surface area contributed by atoms with E-state index in [1.54, 1.807) is 0 Å². The predicted molar refractivity (Wildman–Crippen MR) is 97.9 cm³/mol. The van der Waals surface area contributed by atoms with E-state index in [0.717, 1.165) is 50.2 Å². The van der Waals surface area contributed by atoms with Gasteiger partial charge in [0.15, 0.2) is 0 Å². The standard InChI is InChI=1S/C19H26N4O3/c24-19(13-22-3-6-25-7-4-22)23-5-8-26-14-16(12-23)9-15-1-2-18-17(10-15)11-20-21-18/h1-2,10-11,16H,3-9,12-14H2,(H,20,21)/t16-/m0/s1. The largest absolute Gasteiger partial charge is 0.379 e. The van der Waals surface area contributed by atoms with Crippen LogP contribution >= 0.6 is 0 Å². The molecule has 1 amide bonds. The number of carbonyl (C=O) groups is 1. The molecule has 2 aromatic rings. The number of hydrogen-bond donors (Lipinski definition) is 1. The van der Waals surface area contributed by atoms with E-state index in [2.05, 4.69) is 33.3 Å². The quantitative estimate of drug-likeness (QED) is 0.880. The lowest BCUT2D eigenvalue weighted by Crippen LogP contribution is -2.46. The van der Waals surface area contributed by atoms with Gasteiger partial charge in [-0.2, -0.15) is 5.10 Å². The molecule has 1 atom stereocenters. The third-order valence-corrected chi connectivity index (χ3v) is 5.18. The van der Waals surface area contributed by atoms with Crippen molar-refractivity contribution in [3.8, 4) is 0 Å². The molecule has 140 valence electrons. The van der Waals surface area contributed by atoms with Crippen molar-refractivity contribution in [3.05, 3.63) is 30.0 Å². The molecule has 4 rings (SSSR count). The lowest BCUT2D eigenvalue weighted by molar-refractivity contribution is -0.133. The third kappa shape index (κ3) is 4.23. The first-order valence-corrected chi connectivity index (χ1v) is 9.35. The van der Waals surface area contributed by atoms with Crippen LogP contribution in [0.1, 0.15) is 5.56 Å². The number of morpholine rings is 1. The number of carbonyl (C=O) groups excluding carboxylic acids is 1. The number of rotatable bonds is 4. The topological polar surface area (TPSA) is 70.7 Å². The Bertz CT molecular complexity index is 741. The molecule has 2 aliphatic heterocycles. The van der Waals surface area contributed by atoms with E-state index >= 15 is 0 Å². The van der Waals surface area contributed by atoms with E-state index in [1.807, 2.05) is 11.1 Å². The Morgan fingerprint density at radius 1 is 1.19 bits per heavy atom. The number of aromatic amines is 1. The first-order valence-electron chi connectivity index (χ1n) is 9.35. The summed E-state index contributed by atoms with van der Waals surface area (Å²) in [6.07, 6.45) is 2.75. The Hall–Kier alpha value is -1.96. The number of aromatic nitrogens is 2. The zero-order valence-electron chi connectivity index (χ0n) is 15.0. The molecule has 7 nitrogen and oxygen atoms in total. The average molecular weight is 358 g/mol. The van der Waals surface area contributed by atoms with Crippen molar-refractivity contribution in [2.75, 3.05) is 59.2 Å². The molecule has 0 radical (unpaired) electrons. The fourth-order valence-electron chi connectivity index (χ4n) is 3.73. The smallest absolute Gasteiger partial charge is 0.236 e. The monoisotopic (exact) mass is 358 g/mol. The normalized spacial score (nSPS) is 22.5. The van der Waals surface area contributed by atoms with Gasteiger partial charge < -0.3 is 14.4 Å². The highest BCUT2D eigenvalue weighted by molar-refractivity contribution is 5.79. The van der Waals surface area contributed by atoms with Gasteiger partial charge in [0.25, 0.3) is 0 Å². The molecule has 0 aliphatic carbocycles. The maximum atomic E-state index is 12.7. The van der Waals surface area contributed by atoms with Crippen molar-refractivity contribution in [3.63, 3.8) is 0 Å². The van der Waals surface area contributed by atoms with Crippen LogP contribution in [0.3, 0.4) is 0 Å². The zero-order valence-corrected chi connectivity index (χ0v) is 15.0. The van der Waals surface area contributed by atoms with E-state index in [4.69, 9.17) is 9.47 Å². The van der Waals surface area contributed by atoms with Crippen molar-refractivity contribution < 1.29 is 14.3 Å². The summed E-state index contributed by atoms with van der Waals surface area (Å²) in [5, 5.41) is 8.18. The first-order chi connectivity index (χ1) is 12.8. The zero-order chi connectivity index (χ0) is 17.8. The summed E-state index contributed by atoms with van der Waals surface area (Å²) in [6, 6.07) is 6.37. The molecule has 2 fully saturated rings. The Kier molecular flexibility index (Phi) is 5.48. The van der Waals surface area contributed by atoms with Crippen molar-refractivity contribution in [1.29, 1.82) is 0 Å². The third-order valence-electron chi connectivity index (χ3n) is 5.18. The minimum absolute atomic E-state index is 0.202. The Labute approximate surface area is 153 Å². The second kappa shape index (κ2) is 8.16. The predicted octanol–water partition coefficient (Wildman–Crippen LogP) is 0.913. The van der Waals surface area contributed by atoms with Gasteiger partial charge in [0.1, 0.15) is 0 Å². The molecular formula is C19H26N4O3. The van der Waals surface area contributed by atoms with Gasteiger partial charge in [-0.05, 0) is 24.1 Å². The van der Waals surface area contributed by atoms with Crippen LogP contribution in [0.4, 0.5) is 0 Å². The lowest BCUT2D eigenvalue weighted by Gasteiger charge is -2.30. The molecule has 0 spiro atoms. The SMILES string of the molecule is O=C(CN1CCOCC1)N1CCOC[C@@H](Cc2ccc3[nH]ncc3c2)C1. The summed E-state index contributed by atoms with van der Waals surface area (Å²) in [5.74, 6) is 0.517. The van der Waals surface area contributed by atoms with Crippen molar-refractivity contribution >= 4 is 16.8 Å². The number of ether oxygens (including phenoxy) is 2. The van der Waals surface area contributed by atoms with E-state index in [9.17, 15) is 4.79 Å². The number of nitrogens with one attached hydrogen (secondary N) is 1. The molecule has 7 heteroatoms. The molecule has 1 aromatic carbocycles. The summed E-state index contributed by atoms with van der Waals surface area (Å²) >= 11 is 0. The minimum Gasteiger partial charge on any atom is -0.379 e. The number of H-pyrrole nitrogens is 1. The van der Waals surface area contributed by atoms with E-state index in [0.29, 0.717) is 32.2 Å². The Balaban J connectivity index is 1.37. The van der Waals surface area contributed by atoms with Gasteiger partial charge in [0, 0.05) is 37.5 Å². The number of amides is 1. The molecule has 2 saturated heterocycles. The molecule has 1 N–H and O–H groups in total. The Morgan fingerprint density at radius 3 is 2.92 bits per heavy atom. The van der Waals surface area contributed by atoms with Crippen LogP contribution in [0.15, 0.2) is 24.4 Å². The summed E-state index contributed by atoms with van der Waals surface area (Å²) in [6.45, 7) is 6.35. The van der Waals surface area contributed by atoms with Crippen molar-refractivity contribution in [2.45, 2.75) is 6.42 Å². The molecular weight excluding hydrogens is 332 g/mol. The number of nitrogens with zero attached hydrogens (tertiary/aromatic N) is 3. The number of fused-ring (bicyclic) bond motifs is 1. The molecule has 0 unspecified atom stereocenters. The van der Waals surface area contributed by atoms with Crippen LogP contribution in [0.2, 0.25) is 0 Å². The molecule has 3 heterocycles. The fourth-order valence-corrected chi connectivity index (χ4v) is 3.73. The highest BCUT2D eigenvalue weighted by Gasteiger charge is 2.24. The van der Waals surface area contributed by atoms with Gasteiger partial charge in [-0.25, -0.2) is 0 Å². The Morgan fingerprint density at radius 2 is 2.04 bits per heavy atom. The summed E-state index contributed by atoms with van der Waals surface area (Å²) in [5.41, 5.74) is 2.31. The highest BCUT2D eigenvalue weighted by atomic mass is 16.5. The van der Waals surface area contributed by atoms with Crippen LogP contribution in [0, 0.1) is 5.92 Å². The molecule has 2 aliphatic rings. The van der Waals surface area contributed by atoms with Crippen LogP contribution in [0.5, 0.6) is 0 Å².